The second-order valence-electron chi connectivity index (χ2n) is 6.60. The fourth-order valence-electron chi connectivity index (χ4n) is 3.09. The highest BCUT2D eigenvalue weighted by Crippen LogP contribution is 2.16. The Balaban J connectivity index is 1.74. The lowest BCUT2D eigenvalue weighted by Crippen LogP contribution is -2.54. The Morgan fingerprint density at radius 3 is 2.92 bits per heavy atom. The van der Waals surface area contributed by atoms with Gasteiger partial charge in [-0.05, 0) is 33.2 Å². The Morgan fingerprint density at radius 2 is 2.17 bits per heavy atom. The zero-order chi connectivity index (χ0) is 17.1. The van der Waals surface area contributed by atoms with E-state index in [1.807, 2.05) is 35.9 Å². The number of carbonyl (C=O) groups is 1. The number of piperazine rings is 1. The Hall–Kier alpha value is -2.18. The number of likely N-dealkylation sites (N-methyl/N-ethyl adjacent to an activating group) is 2. The van der Waals surface area contributed by atoms with Crippen LogP contribution < -0.4 is 5.32 Å². The van der Waals surface area contributed by atoms with Crippen LogP contribution in [-0.4, -0.2) is 71.6 Å². The number of hydrogen-bond acceptors (Lipinski definition) is 4. The lowest BCUT2D eigenvalue weighted by Gasteiger charge is -2.37. The molecule has 1 aromatic carbocycles. The van der Waals surface area contributed by atoms with Crippen molar-refractivity contribution >= 4 is 5.91 Å². The number of imidazole rings is 1. The highest BCUT2D eigenvalue weighted by molar-refractivity contribution is 5.98. The molecule has 1 N–H and O–H groups in total. The van der Waals surface area contributed by atoms with Crippen LogP contribution in [0, 0.1) is 6.92 Å². The molecule has 0 aliphatic carbocycles. The number of aryl methyl sites for hydroxylation is 1. The van der Waals surface area contributed by atoms with Gasteiger partial charge in [0, 0.05) is 44.6 Å². The summed E-state index contributed by atoms with van der Waals surface area (Å²) < 4.78 is 1.87. The fraction of sp³-hybridized carbons (Fsp3) is 0.444. The second-order valence-corrected chi connectivity index (χ2v) is 6.60. The number of benzene rings is 1. The number of nitrogens with zero attached hydrogens (tertiary/aromatic N) is 4. The third-order valence-corrected chi connectivity index (χ3v) is 4.66. The minimum Gasteiger partial charge on any atom is -0.350 e. The molecule has 24 heavy (non-hydrogen) atoms. The van der Waals surface area contributed by atoms with E-state index in [0.29, 0.717) is 18.2 Å². The fourth-order valence-corrected chi connectivity index (χ4v) is 3.09. The molecule has 1 aromatic heterocycles. The summed E-state index contributed by atoms with van der Waals surface area (Å²) in [5.41, 5.74) is 2.60. The summed E-state index contributed by atoms with van der Waals surface area (Å²) in [6.45, 7) is 5.72. The van der Waals surface area contributed by atoms with Crippen molar-refractivity contribution in [2.45, 2.75) is 13.0 Å². The smallest absolute Gasteiger partial charge is 0.253 e. The van der Waals surface area contributed by atoms with Crippen molar-refractivity contribution in [1.82, 2.24) is 24.7 Å². The lowest BCUT2D eigenvalue weighted by molar-refractivity contribution is 0.0881. The first-order valence-corrected chi connectivity index (χ1v) is 8.30. The lowest BCUT2D eigenvalue weighted by atomic mass is 10.1. The zero-order valence-corrected chi connectivity index (χ0v) is 14.6. The molecule has 1 fully saturated rings. The molecule has 1 aliphatic heterocycles. The summed E-state index contributed by atoms with van der Waals surface area (Å²) >= 11 is 0. The summed E-state index contributed by atoms with van der Waals surface area (Å²) in [6, 6.07) is 6.25. The molecule has 0 radical (unpaired) electrons. The topological polar surface area (TPSA) is 53.4 Å². The van der Waals surface area contributed by atoms with Gasteiger partial charge >= 0.3 is 0 Å². The van der Waals surface area contributed by atoms with Crippen LogP contribution in [0.15, 0.2) is 36.9 Å². The summed E-state index contributed by atoms with van der Waals surface area (Å²) in [6.07, 6.45) is 5.28. The number of amides is 1. The standard InChI is InChI=1S/C18H25N5O/c1-14-4-5-17(23-7-6-19-13-23)16(10-14)18(24)20-11-15-12-21(2)8-9-22(15)3/h4-7,10,13,15H,8-9,11-12H2,1-3H3,(H,20,24)/t15-/m0/s1. The maximum Gasteiger partial charge on any atom is 0.253 e. The van der Waals surface area contributed by atoms with Gasteiger partial charge in [-0.15, -0.1) is 0 Å². The molecule has 1 amide bonds. The van der Waals surface area contributed by atoms with Crippen LogP contribution in [0.5, 0.6) is 0 Å². The van der Waals surface area contributed by atoms with Crippen molar-refractivity contribution in [2.75, 3.05) is 40.3 Å². The van der Waals surface area contributed by atoms with Gasteiger partial charge in [-0.25, -0.2) is 4.98 Å². The molecule has 0 spiro atoms. The van der Waals surface area contributed by atoms with E-state index in [0.717, 1.165) is 30.9 Å². The van der Waals surface area contributed by atoms with E-state index in [1.54, 1.807) is 12.5 Å². The Labute approximate surface area is 143 Å². The van der Waals surface area contributed by atoms with Crippen LogP contribution >= 0.6 is 0 Å². The van der Waals surface area contributed by atoms with Crippen LogP contribution in [-0.2, 0) is 0 Å². The first-order valence-electron chi connectivity index (χ1n) is 8.30. The molecule has 6 heteroatoms. The molecule has 0 saturated carbocycles. The summed E-state index contributed by atoms with van der Waals surface area (Å²) in [5, 5.41) is 3.11. The predicted octanol–water partition coefficient (Wildman–Crippen LogP) is 1.16. The van der Waals surface area contributed by atoms with Gasteiger partial charge in [-0.1, -0.05) is 11.6 Å². The third-order valence-electron chi connectivity index (χ3n) is 4.66. The molecule has 2 aromatic rings. The quantitative estimate of drug-likeness (QED) is 0.915. The van der Waals surface area contributed by atoms with Crippen molar-refractivity contribution in [3.63, 3.8) is 0 Å². The molecule has 1 atom stereocenters. The van der Waals surface area contributed by atoms with Crippen molar-refractivity contribution in [1.29, 1.82) is 0 Å². The van der Waals surface area contributed by atoms with Gasteiger partial charge in [0.1, 0.15) is 0 Å². The van der Waals surface area contributed by atoms with E-state index in [9.17, 15) is 4.79 Å². The van der Waals surface area contributed by atoms with Crippen molar-refractivity contribution < 1.29 is 4.79 Å². The molecule has 0 unspecified atom stereocenters. The molecule has 6 nitrogen and oxygen atoms in total. The number of aromatic nitrogens is 2. The maximum absolute atomic E-state index is 12.8. The van der Waals surface area contributed by atoms with Gasteiger partial charge in [0.25, 0.3) is 5.91 Å². The zero-order valence-electron chi connectivity index (χ0n) is 14.6. The highest BCUT2D eigenvalue weighted by atomic mass is 16.1. The van der Waals surface area contributed by atoms with Gasteiger partial charge in [0.15, 0.2) is 0 Å². The minimum absolute atomic E-state index is 0.0379. The Bertz CT molecular complexity index is 697. The predicted molar refractivity (Wildman–Crippen MR) is 94.5 cm³/mol. The van der Waals surface area contributed by atoms with Crippen LogP contribution in [0.3, 0.4) is 0 Å². The normalized spacial score (nSPS) is 19.4. The SMILES string of the molecule is Cc1ccc(-n2ccnc2)c(C(=O)NC[C@H]2CN(C)CCN2C)c1. The van der Waals surface area contributed by atoms with Crippen LogP contribution in [0.4, 0.5) is 0 Å². The summed E-state index contributed by atoms with van der Waals surface area (Å²) in [4.78, 5) is 21.5. The summed E-state index contributed by atoms with van der Waals surface area (Å²) in [7, 11) is 4.24. The Morgan fingerprint density at radius 1 is 1.33 bits per heavy atom. The number of carbonyl (C=O) groups excluding carboxylic acids is 1. The van der Waals surface area contributed by atoms with Crippen LogP contribution in [0.1, 0.15) is 15.9 Å². The molecule has 1 aliphatic rings. The van der Waals surface area contributed by atoms with Gasteiger partial charge in [-0.3, -0.25) is 9.69 Å². The Kier molecular flexibility index (Phi) is 4.97. The molecule has 3 rings (SSSR count). The highest BCUT2D eigenvalue weighted by Gasteiger charge is 2.23. The van der Waals surface area contributed by atoms with Crippen molar-refractivity contribution in [3.05, 3.63) is 48.0 Å². The van der Waals surface area contributed by atoms with E-state index in [-0.39, 0.29) is 5.91 Å². The number of hydrogen-bond donors (Lipinski definition) is 1. The molecule has 128 valence electrons. The van der Waals surface area contributed by atoms with Crippen LogP contribution in [0.25, 0.3) is 5.69 Å². The third kappa shape index (κ3) is 3.66. The minimum atomic E-state index is -0.0379. The van der Waals surface area contributed by atoms with Crippen LogP contribution in [0.2, 0.25) is 0 Å². The van der Waals surface area contributed by atoms with E-state index < -0.39 is 0 Å². The summed E-state index contributed by atoms with van der Waals surface area (Å²) in [5.74, 6) is -0.0379. The van der Waals surface area contributed by atoms with Gasteiger partial charge in [-0.2, -0.15) is 0 Å². The second kappa shape index (κ2) is 7.15. The molecule has 0 bridgehead atoms. The average molecular weight is 327 g/mol. The van der Waals surface area contributed by atoms with Crippen molar-refractivity contribution in [3.8, 4) is 5.69 Å². The monoisotopic (exact) mass is 327 g/mol. The molecule has 1 saturated heterocycles. The number of nitrogens with one attached hydrogen (secondary N) is 1. The largest absolute Gasteiger partial charge is 0.350 e. The molecule has 2 heterocycles. The van der Waals surface area contributed by atoms with Gasteiger partial charge in [0.2, 0.25) is 0 Å². The number of rotatable bonds is 4. The first-order chi connectivity index (χ1) is 11.5. The van der Waals surface area contributed by atoms with Crippen molar-refractivity contribution in [2.24, 2.45) is 0 Å². The van der Waals surface area contributed by atoms with E-state index in [2.05, 4.69) is 34.2 Å². The van der Waals surface area contributed by atoms with Gasteiger partial charge < -0.3 is 14.8 Å². The van der Waals surface area contributed by atoms with E-state index in [4.69, 9.17) is 0 Å². The van der Waals surface area contributed by atoms with E-state index in [1.165, 1.54) is 0 Å². The van der Waals surface area contributed by atoms with E-state index >= 15 is 0 Å². The first kappa shape index (κ1) is 16.7. The molecular weight excluding hydrogens is 302 g/mol. The average Bonchev–Trinajstić information content (AvgIpc) is 3.09. The van der Waals surface area contributed by atoms with Gasteiger partial charge in [0.05, 0.1) is 17.6 Å². The molecular formula is C18H25N5O. The maximum atomic E-state index is 12.8.